The first-order valence-electron chi connectivity index (χ1n) is 5.94. The Labute approximate surface area is 120 Å². The summed E-state index contributed by atoms with van der Waals surface area (Å²) in [5.41, 5.74) is 1.91. The molecule has 0 saturated heterocycles. The molecule has 2 rings (SSSR count). The highest BCUT2D eigenvalue weighted by Crippen LogP contribution is 2.23. The van der Waals surface area contributed by atoms with Crippen LogP contribution < -0.4 is 10.6 Å². The number of aryl methyl sites for hydroxylation is 1. The molecule has 0 aliphatic rings. The van der Waals surface area contributed by atoms with Crippen LogP contribution in [0.4, 0.5) is 5.69 Å². The molecule has 1 amide bonds. The number of carbonyl (C=O) groups is 1. The molecule has 4 nitrogen and oxygen atoms in total. The largest absolute Gasteiger partial charge is 0.468 e. The molecule has 5 heteroatoms. The van der Waals surface area contributed by atoms with Crippen LogP contribution in [0.3, 0.4) is 0 Å². The lowest BCUT2D eigenvalue weighted by molar-refractivity contribution is -0.115. The second-order valence-corrected chi connectivity index (χ2v) is 5.07. The van der Waals surface area contributed by atoms with E-state index in [-0.39, 0.29) is 12.5 Å². The van der Waals surface area contributed by atoms with Crippen molar-refractivity contribution in [3.8, 4) is 0 Å². The van der Waals surface area contributed by atoms with Crippen LogP contribution in [0.1, 0.15) is 11.3 Å². The maximum atomic E-state index is 11.8. The van der Waals surface area contributed by atoms with Crippen LogP contribution in [0.2, 0.25) is 0 Å². The van der Waals surface area contributed by atoms with Crippen LogP contribution in [-0.2, 0) is 11.3 Å². The summed E-state index contributed by atoms with van der Waals surface area (Å²) in [6.07, 6.45) is 1.61. The molecular formula is C14H15BrN2O2. The molecule has 0 fully saturated rings. The van der Waals surface area contributed by atoms with E-state index in [0.717, 1.165) is 21.5 Å². The van der Waals surface area contributed by atoms with Crippen LogP contribution in [-0.4, -0.2) is 12.5 Å². The van der Waals surface area contributed by atoms with Crippen LogP contribution in [0.15, 0.2) is 45.5 Å². The Morgan fingerprint density at radius 2 is 2.21 bits per heavy atom. The van der Waals surface area contributed by atoms with Gasteiger partial charge in [-0.25, -0.2) is 0 Å². The highest BCUT2D eigenvalue weighted by molar-refractivity contribution is 9.10. The average molecular weight is 323 g/mol. The third-order valence-corrected chi connectivity index (χ3v) is 3.22. The normalized spacial score (nSPS) is 10.4. The fourth-order valence-electron chi connectivity index (χ4n) is 1.63. The van der Waals surface area contributed by atoms with Gasteiger partial charge in [-0.15, -0.1) is 0 Å². The number of benzene rings is 1. The highest BCUT2D eigenvalue weighted by atomic mass is 79.9. The Hall–Kier alpha value is -1.59. The Morgan fingerprint density at radius 3 is 2.89 bits per heavy atom. The second kappa shape index (κ2) is 6.54. The van der Waals surface area contributed by atoms with Crippen molar-refractivity contribution in [1.29, 1.82) is 0 Å². The zero-order valence-electron chi connectivity index (χ0n) is 10.6. The zero-order chi connectivity index (χ0) is 13.7. The van der Waals surface area contributed by atoms with Gasteiger partial charge in [0.15, 0.2) is 0 Å². The van der Waals surface area contributed by atoms with Gasteiger partial charge in [0.1, 0.15) is 5.76 Å². The lowest BCUT2D eigenvalue weighted by atomic mass is 10.2. The molecule has 0 saturated carbocycles. The highest BCUT2D eigenvalue weighted by Gasteiger charge is 2.05. The smallest absolute Gasteiger partial charge is 0.238 e. The van der Waals surface area contributed by atoms with Crippen molar-refractivity contribution < 1.29 is 9.21 Å². The zero-order valence-corrected chi connectivity index (χ0v) is 12.2. The second-order valence-electron chi connectivity index (χ2n) is 4.21. The molecule has 1 heterocycles. The molecule has 0 aliphatic heterocycles. The first-order chi connectivity index (χ1) is 9.15. The maximum absolute atomic E-state index is 11.8. The Morgan fingerprint density at radius 1 is 1.37 bits per heavy atom. The minimum atomic E-state index is -0.0869. The van der Waals surface area contributed by atoms with E-state index < -0.39 is 0 Å². The molecule has 1 aromatic carbocycles. The van der Waals surface area contributed by atoms with Gasteiger partial charge in [-0.05, 0) is 52.7 Å². The molecule has 0 atom stereocenters. The van der Waals surface area contributed by atoms with Gasteiger partial charge in [0, 0.05) is 4.47 Å². The molecular weight excluding hydrogens is 308 g/mol. The monoisotopic (exact) mass is 322 g/mol. The van der Waals surface area contributed by atoms with Gasteiger partial charge >= 0.3 is 0 Å². The Kier molecular flexibility index (Phi) is 4.76. The molecule has 2 aromatic rings. The van der Waals surface area contributed by atoms with Crippen molar-refractivity contribution in [2.75, 3.05) is 11.9 Å². The van der Waals surface area contributed by atoms with E-state index in [2.05, 4.69) is 26.6 Å². The predicted molar refractivity (Wildman–Crippen MR) is 77.9 cm³/mol. The average Bonchev–Trinajstić information content (AvgIpc) is 2.86. The van der Waals surface area contributed by atoms with Gasteiger partial charge in [0.2, 0.25) is 5.91 Å². The summed E-state index contributed by atoms with van der Waals surface area (Å²) in [6.45, 7) is 2.78. The standard InChI is InChI=1S/C14H15BrN2O2/c1-10-4-5-13(12(15)7-10)17-14(18)9-16-8-11-3-2-6-19-11/h2-7,16H,8-9H2,1H3,(H,17,18). The number of hydrogen-bond donors (Lipinski definition) is 2. The minimum absolute atomic E-state index is 0.0869. The topological polar surface area (TPSA) is 54.3 Å². The van der Waals surface area contributed by atoms with E-state index >= 15 is 0 Å². The van der Waals surface area contributed by atoms with Crippen molar-refractivity contribution in [3.05, 3.63) is 52.4 Å². The number of rotatable bonds is 5. The van der Waals surface area contributed by atoms with Gasteiger partial charge in [-0.3, -0.25) is 4.79 Å². The van der Waals surface area contributed by atoms with E-state index in [4.69, 9.17) is 4.42 Å². The number of halogens is 1. The van der Waals surface area contributed by atoms with Crippen molar-refractivity contribution in [3.63, 3.8) is 0 Å². The fraction of sp³-hybridized carbons (Fsp3) is 0.214. The molecule has 1 aromatic heterocycles. The Balaban J connectivity index is 1.80. The number of carbonyl (C=O) groups excluding carboxylic acids is 1. The molecule has 0 spiro atoms. The van der Waals surface area contributed by atoms with Crippen molar-refractivity contribution in [2.24, 2.45) is 0 Å². The Bertz CT molecular complexity index is 553. The summed E-state index contributed by atoms with van der Waals surface area (Å²) >= 11 is 3.43. The molecule has 2 N–H and O–H groups in total. The quantitative estimate of drug-likeness (QED) is 0.889. The summed E-state index contributed by atoms with van der Waals surface area (Å²) in [5.74, 6) is 0.723. The SMILES string of the molecule is Cc1ccc(NC(=O)CNCc2ccco2)c(Br)c1. The number of hydrogen-bond acceptors (Lipinski definition) is 3. The summed E-state index contributed by atoms with van der Waals surface area (Å²) in [4.78, 5) is 11.8. The van der Waals surface area contributed by atoms with Gasteiger partial charge in [0.05, 0.1) is 25.0 Å². The van der Waals surface area contributed by atoms with E-state index in [1.165, 1.54) is 0 Å². The van der Waals surface area contributed by atoms with E-state index in [1.807, 2.05) is 37.3 Å². The third kappa shape index (κ3) is 4.22. The van der Waals surface area contributed by atoms with E-state index in [0.29, 0.717) is 6.54 Å². The molecule has 0 radical (unpaired) electrons. The molecule has 100 valence electrons. The third-order valence-electron chi connectivity index (χ3n) is 2.56. The van der Waals surface area contributed by atoms with Crippen molar-refractivity contribution in [2.45, 2.75) is 13.5 Å². The lowest BCUT2D eigenvalue weighted by Crippen LogP contribution is -2.27. The van der Waals surface area contributed by atoms with Crippen molar-refractivity contribution in [1.82, 2.24) is 5.32 Å². The summed E-state index contributed by atoms with van der Waals surface area (Å²) in [6, 6.07) is 9.48. The summed E-state index contributed by atoms with van der Waals surface area (Å²) < 4.78 is 6.05. The van der Waals surface area contributed by atoms with E-state index in [1.54, 1.807) is 6.26 Å². The number of anilines is 1. The molecule has 19 heavy (non-hydrogen) atoms. The fourth-order valence-corrected chi connectivity index (χ4v) is 2.22. The minimum Gasteiger partial charge on any atom is -0.468 e. The van der Waals surface area contributed by atoms with Crippen LogP contribution in [0, 0.1) is 6.92 Å². The van der Waals surface area contributed by atoms with E-state index in [9.17, 15) is 4.79 Å². The van der Waals surface area contributed by atoms with Crippen LogP contribution >= 0.6 is 15.9 Å². The van der Waals surface area contributed by atoms with Crippen LogP contribution in [0.25, 0.3) is 0 Å². The molecule has 0 aliphatic carbocycles. The van der Waals surface area contributed by atoms with Gasteiger partial charge in [-0.2, -0.15) is 0 Å². The number of furan rings is 1. The summed E-state index contributed by atoms with van der Waals surface area (Å²) in [7, 11) is 0. The maximum Gasteiger partial charge on any atom is 0.238 e. The van der Waals surface area contributed by atoms with Gasteiger partial charge < -0.3 is 15.1 Å². The number of nitrogens with one attached hydrogen (secondary N) is 2. The molecule has 0 unspecified atom stereocenters. The van der Waals surface area contributed by atoms with Gasteiger partial charge in [-0.1, -0.05) is 6.07 Å². The first kappa shape index (κ1) is 13.8. The summed E-state index contributed by atoms with van der Waals surface area (Å²) in [5, 5.41) is 5.86. The molecule has 0 bridgehead atoms. The number of amides is 1. The lowest BCUT2D eigenvalue weighted by Gasteiger charge is -2.08. The van der Waals surface area contributed by atoms with Crippen molar-refractivity contribution >= 4 is 27.5 Å². The van der Waals surface area contributed by atoms with Gasteiger partial charge in [0.25, 0.3) is 0 Å². The first-order valence-corrected chi connectivity index (χ1v) is 6.73. The predicted octanol–water partition coefficient (Wildman–Crippen LogP) is 3.08. The van der Waals surface area contributed by atoms with Crippen LogP contribution in [0.5, 0.6) is 0 Å².